The van der Waals surface area contributed by atoms with Crippen molar-refractivity contribution in [3.05, 3.63) is 65.9 Å². The number of benzene rings is 1. The van der Waals surface area contributed by atoms with Crippen LogP contribution in [0.1, 0.15) is 34.7 Å². The van der Waals surface area contributed by atoms with Crippen molar-refractivity contribution in [1.82, 2.24) is 14.5 Å². The number of hydrogen-bond acceptors (Lipinski definition) is 5. The summed E-state index contributed by atoms with van der Waals surface area (Å²) in [6, 6.07) is 11.8. The molecule has 7 heteroatoms. The highest BCUT2D eigenvalue weighted by molar-refractivity contribution is 7.98. The molecule has 0 atom stereocenters. The van der Waals surface area contributed by atoms with Crippen molar-refractivity contribution in [2.24, 2.45) is 7.05 Å². The Labute approximate surface area is 168 Å². The van der Waals surface area contributed by atoms with Crippen LogP contribution in [0.4, 0.5) is 0 Å². The number of nitrogens with zero attached hydrogens (tertiary/aromatic N) is 3. The van der Waals surface area contributed by atoms with Gasteiger partial charge in [0.1, 0.15) is 11.5 Å². The number of methoxy groups -OCH3 is 1. The van der Waals surface area contributed by atoms with Gasteiger partial charge < -0.3 is 18.6 Å². The number of aromatic nitrogens is 2. The standard InChI is InChI=1S/C21H23N3O3S/c1-23-12-11-22-21(23)28-14-18-9-10-19(27-18)20(25)24(16-5-6-16)13-15-3-7-17(26-2)8-4-15/h3-4,7-12,16H,5-6,13-14H2,1-2H3. The number of imidazole rings is 1. The molecule has 28 heavy (non-hydrogen) atoms. The highest BCUT2D eigenvalue weighted by Crippen LogP contribution is 2.31. The van der Waals surface area contributed by atoms with Crippen molar-refractivity contribution in [2.75, 3.05) is 7.11 Å². The monoisotopic (exact) mass is 397 g/mol. The fraction of sp³-hybridized carbons (Fsp3) is 0.333. The van der Waals surface area contributed by atoms with Gasteiger partial charge in [0, 0.05) is 32.0 Å². The van der Waals surface area contributed by atoms with E-state index in [1.807, 2.05) is 53.0 Å². The molecule has 0 aliphatic heterocycles. The average molecular weight is 398 g/mol. The first kappa shape index (κ1) is 18.7. The summed E-state index contributed by atoms with van der Waals surface area (Å²) in [5, 5.41) is 0.920. The van der Waals surface area contributed by atoms with Crippen LogP contribution in [0, 0.1) is 0 Å². The molecule has 4 rings (SSSR count). The number of furan rings is 1. The molecule has 2 heterocycles. The summed E-state index contributed by atoms with van der Waals surface area (Å²) in [7, 11) is 3.61. The summed E-state index contributed by atoms with van der Waals surface area (Å²) in [6.45, 7) is 0.575. The van der Waals surface area contributed by atoms with Gasteiger partial charge in [-0.15, -0.1) is 0 Å². The zero-order valence-electron chi connectivity index (χ0n) is 16.0. The van der Waals surface area contributed by atoms with Crippen LogP contribution in [0.5, 0.6) is 5.75 Å². The number of aryl methyl sites for hydroxylation is 1. The van der Waals surface area contributed by atoms with Crippen LogP contribution >= 0.6 is 11.8 Å². The summed E-state index contributed by atoms with van der Waals surface area (Å²) in [5.41, 5.74) is 1.08. The van der Waals surface area contributed by atoms with Gasteiger partial charge >= 0.3 is 0 Å². The normalized spacial score (nSPS) is 13.5. The Morgan fingerprint density at radius 1 is 1.29 bits per heavy atom. The van der Waals surface area contributed by atoms with Gasteiger partial charge in [0.05, 0.1) is 12.9 Å². The maximum atomic E-state index is 13.0. The lowest BCUT2D eigenvalue weighted by molar-refractivity contribution is 0.0696. The number of hydrogen-bond donors (Lipinski definition) is 0. The van der Waals surface area contributed by atoms with E-state index in [4.69, 9.17) is 9.15 Å². The van der Waals surface area contributed by atoms with Crippen molar-refractivity contribution in [1.29, 1.82) is 0 Å². The van der Waals surface area contributed by atoms with Gasteiger partial charge in [-0.1, -0.05) is 23.9 Å². The topological polar surface area (TPSA) is 60.5 Å². The van der Waals surface area contributed by atoms with Crippen LogP contribution in [-0.2, 0) is 19.3 Å². The molecule has 0 spiro atoms. The Morgan fingerprint density at radius 2 is 2.07 bits per heavy atom. The fourth-order valence-electron chi connectivity index (χ4n) is 3.02. The molecule has 1 saturated carbocycles. The summed E-state index contributed by atoms with van der Waals surface area (Å²) in [5.74, 6) is 2.58. The van der Waals surface area contributed by atoms with Gasteiger partial charge in [-0.2, -0.15) is 0 Å². The van der Waals surface area contributed by atoms with Crippen molar-refractivity contribution in [2.45, 2.75) is 36.3 Å². The van der Waals surface area contributed by atoms with E-state index in [2.05, 4.69) is 4.98 Å². The predicted molar refractivity (Wildman–Crippen MR) is 107 cm³/mol. The molecule has 0 radical (unpaired) electrons. The molecule has 146 valence electrons. The molecule has 1 amide bonds. The summed E-state index contributed by atoms with van der Waals surface area (Å²) < 4.78 is 13.0. The number of rotatable bonds is 8. The molecule has 1 aliphatic rings. The van der Waals surface area contributed by atoms with Gasteiger partial charge in [-0.25, -0.2) is 4.98 Å². The molecule has 1 fully saturated rings. The zero-order chi connectivity index (χ0) is 19.5. The van der Waals surface area contributed by atoms with Crippen molar-refractivity contribution in [3.63, 3.8) is 0 Å². The van der Waals surface area contributed by atoms with E-state index < -0.39 is 0 Å². The third-order valence-electron chi connectivity index (χ3n) is 4.75. The molecule has 0 bridgehead atoms. The van der Waals surface area contributed by atoms with Crippen LogP contribution in [0.25, 0.3) is 0 Å². The van der Waals surface area contributed by atoms with Crippen molar-refractivity contribution < 1.29 is 13.9 Å². The Balaban J connectivity index is 1.42. The molecule has 0 saturated heterocycles. The van der Waals surface area contributed by atoms with E-state index in [1.54, 1.807) is 31.1 Å². The predicted octanol–water partition coefficient (Wildman–Crippen LogP) is 4.12. The second kappa shape index (κ2) is 8.14. The lowest BCUT2D eigenvalue weighted by atomic mass is 10.2. The first-order chi connectivity index (χ1) is 13.6. The zero-order valence-corrected chi connectivity index (χ0v) is 16.8. The van der Waals surface area contributed by atoms with E-state index in [1.165, 1.54) is 0 Å². The highest BCUT2D eigenvalue weighted by Gasteiger charge is 2.34. The molecular formula is C21H23N3O3S. The van der Waals surface area contributed by atoms with Gasteiger partial charge in [0.25, 0.3) is 5.91 Å². The van der Waals surface area contributed by atoms with Crippen LogP contribution in [0.15, 0.2) is 58.4 Å². The third kappa shape index (κ3) is 4.25. The Morgan fingerprint density at radius 3 is 2.71 bits per heavy atom. The minimum Gasteiger partial charge on any atom is -0.497 e. The molecular weight excluding hydrogens is 374 g/mol. The Bertz CT molecular complexity index is 944. The Hall–Kier alpha value is -2.67. The second-order valence-corrected chi connectivity index (χ2v) is 7.83. The molecule has 6 nitrogen and oxygen atoms in total. The summed E-state index contributed by atoms with van der Waals surface area (Å²) in [4.78, 5) is 19.2. The molecule has 0 unspecified atom stereocenters. The largest absolute Gasteiger partial charge is 0.497 e. The Kier molecular flexibility index (Phi) is 5.43. The number of carbonyl (C=O) groups excluding carboxylic acids is 1. The number of carbonyl (C=O) groups is 1. The molecule has 0 N–H and O–H groups in total. The smallest absolute Gasteiger partial charge is 0.290 e. The van der Waals surface area contributed by atoms with Crippen LogP contribution in [0.2, 0.25) is 0 Å². The minimum absolute atomic E-state index is 0.0495. The van der Waals surface area contributed by atoms with Crippen molar-refractivity contribution >= 4 is 17.7 Å². The van der Waals surface area contributed by atoms with E-state index in [0.29, 0.717) is 24.1 Å². The summed E-state index contributed by atoms with van der Waals surface area (Å²) >= 11 is 1.59. The molecule has 2 aromatic heterocycles. The van der Waals surface area contributed by atoms with Gasteiger partial charge in [0.15, 0.2) is 10.9 Å². The minimum atomic E-state index is -0.0495. The maximum Gasteiger partial charge on any atom is 0.290 e. The van der Waals surface area contributed by atoms with Crippen LogP contribution in [-0.4, -0.2) is 33.5 Å². The number of amides is 1. The second-order valence-electron chi connectivity index (χ2n) is 6.89. The van der Waals surface area contributed by atoms with E-state index in [9.17, 15) is 4.79 Å². The lowest BCUT2D eigenvalue weighted by Crippen LogP contribution is -2.32. The lowest BCUT2D eigenvalue weighted by Gasteiger charge is -2.21. The fourth-order valence-corrected chi connectivity index (χ4v) is 3.85. The third-order valence-corrected chi connectivity index (χ3v) is 5.83. The van der Waals surface area contributed by atoms with E-state index in [-0.39, 0.29) is 5.91 Å². The van der Waals surface area contributed by atoms with E-state index in [0.717, 1.165) is 35.1 Å². The van der Waals surface area contributed by atoms with Gasteiger partial charge in [0.2, 0.25) is 0 Å². The molecule has 1 aliphatic carbocycles. The van der Waals surface area contributed by atoms with Crippen LogP contribution in [0.3, 0.4) is 0 Å². The first-order valence-corrected chi connectivity index (χ1v) is 10.3. The molecule has 1 aromatic carbocycles. The molecule has 3 aromatic rings. The van der Waals surface area contributed by atoms with E-state index >= 15 is 0 Å². The first-order valence-electron chi connectivity index (χ1n) is 9.27. The SMILES string of the molecule is COc1ccc(CN(C(=O)c2ccc(CSc3nccn3C)o2)C2CC2)cc1. The number of thioether (sulfide) groups is 1. The quantitative estimate of drug-likeness (QED) is 0.535. The van der Waals surface area contributed by atoms with Crippen LogP contribution < -0.4 is 4.74 Å². The summed E-state index contributed by atoms with van der Waals surface area (Å²) in [6.07, 6.45) is 5.77. The maximum absolute atomic E-state index is 13.0. The van der Waals surface area contributed by atoms with Crippen molar-refractivity contribution in [3.8, 4) is 5.75 Å². The highest BCUT2D eigenvalue weighted by atomic mass is 32.2. The van der Waals surface area contributed by atoms with Gasteiger partial charge in [-0.05, 0) is 42.7 Å². The number of ether oxygens (including phenoxy) is 1. The average Bonchev–Trinajstić information content (AvgIpc) is 3.30. The van der Waals surface area contributed by atoms with Gasteiger partial charge in [-0.3, -0.25) is 4.79 Å².